The number of aromatic nitrogens is 4. The summed E-state index contributed by atoms with van der Waals surface area (Å²) in [6, 6.07) is 14.7. The third-order valence-electron chi connectivity index (χ3n) is 5.92. The largest absolute Gasteiger partial charge is 0.486 e. The van der Waals surface area contributed by atoms with Crippen molar-refractivity contribution in [3.05, 3.63) is 105 Å². The Morgan fingerprint density at radius 2 is 1.44 bits per heavy atom. The lowest BCUT2D eigenvalue weighted by atomic mass is 10.1. The third kappa shape index (κ3) is 3.59. The van der Waals surface area contributed by atoms with Gasteiger partial charge in [0, 0.05) is 24.8 Å². The molecule has 5 aromatic rings. The van der Waals surface area contributed by atoms with Crippen LogP contribution in [0.5, 0.6) is 11.5 Å². The molecule has 0 saturated heterocycles. The van der Waals surface area contributed by atoms with Crippen LogP contribution in [-0.2, 0) is 13.1 Å². The highest BCUT2D eigenvalue weighted by Crippen LogP contribution is 2.31. The summed E-state index contributed by atoms with van der Waals surface area (Å²) in [5, 5.41) is 0.817. The van der Waals surface area contributed by atoms with Gasteiger partial charge in [0.15, 0.2) is 11.5 Å². The average molecular weight is 452 g/mol. The van der Waals surface area contributed by atoms with Gasteiger partial charge in [0.1, 0.15) is 13.2 Å². The Hall–Kier alpha value is -4.46. The van der Waals surface area contributed by atoms with Crippen LogP contribution in [0.2, 0.25) is 0 Å². The fraction of sp³-hybridized carbons (Fsp3) is 0.154. The second-order valence-corrected chi connectivity index (χ2v) is 8.19. The van der Waals surface area contributed by atoms with Crippen LogP contribution in [0.25, 0.3) is 21.8 Å². The zero-order valence-electron chi connectivity index (χ0n) is 18.2. The molecule has 0 radical (unpaired) electrons. The molecule has 0 atom stereocenters. The van der Waals surface area contributed by atoms with E-state index in [4.69, 9.17) is 9.47 Å². The van der Waals surface area contributed by atoms with Gasteiger partial charge in [-0.25, -0.2) is 4.98 Å². The fourth-order valence-corrected chi connectivity index (χ4v) is 4.23. The minimum absolute atomic E-state index is 0.197. The first-order valence-electron chi connectivity index (χ1n) is 11.0. The molecule has 0 spiro atoms. The van der Waals surface area contributed by atoms with Gasteiger partial charge in [0.05, 0.1) is 34.9 Å². The summed E-state index contributed by atoms with van der Waals surface area (Å²) in [5.74, 6) is 1.39. The molecule has 6 rings (SSSR count). The molecule has 0 N–H and O–H groups in total. The predicted octanol–water partition coefficient (Wildman–Crippen LogP) is 2.97. The van der Waals surface area contributed by atoms with E-state index in [0.29, 0.717) is 59.6 Å². The molecule has 0 fully saturated rings. The highest BCUT2D eigenvalue weighted by atomic mass is 16.6. The summed E-state index contributed by atoms with van der Waals surface area (Å²) < 4.78 is 14.4. The van der Waals surface area contributed by atoms with Crippen molar-refractivity contribution in [2.75, 3.05) is 13.2 Å². The van der Waals surface area contributed by atoms with Crippen LogP contribution in [0.15, 0.2) is 82.9 Å². The molecule has 1 aromatic carbocycles. The first-order chi connectivity index (χ1) is 16.7. The van der Waals surface area contributed by atoms with Crippen LogP contribution in [0, 0.1) is 0 Å². The number of hydrogen-bond acceptors (Lipinski definition) is 6. The van der Waals surface area contributed by atoms with Gasteiger partial charge in [-0.15, -0.1) is 0 Å². The van der Waals surface area contributed by atoms with Gasteiger partial charge in [-0.2, -0.15) is 0 Å². The lowest BCUT2D eigenvalue weighted by Crippen LogP contribution is -2.23. The van der Waals surface area contributed by atoms with Crippen molar-refractivity contribution in [1.29, 1.82) is 0 Å². The number of ether oxygens (including phenoxy) is 2. The van der Waals surface area contributed by atoms with Crippen molar-refractivity contribution >= 4 is 21.8 Å². The van der Waals surface area contributed by atoms with Crippen LogP contribution in [0.3, 0.4) is 0 Å². The van der Waals surface area contributed by atoms with Crippen LogP contribution in [0.4, 0.5) is 0 Å². The predicted molar refractivity (Wildman–Crippen MR) is 128 cm³/mol. The normalized spacial score (nSPS) is 12.8. The van der Waals surface area contributed by atoms with Gasteiger partial charge < -0.3 is 18.6 Å². The van der Waals surface area contributed by atoms with Crippen LogP contribution in [-0.4, -0.2) is 32.3 Å². The van der Waals surface area contributed by atoms with E-state index >= 15 is 0 Å². The summed E-state index contributed by atoms with van der Waals surface area (Å²) >= 11 is 0. The molecule has 1 aliphatic heterocycles. The van der Waals surface area contributed by atoms with Gasteiger partial charge in [-0.1, -0.05) is 12.1 Å². The molecule has 168 valence electrons. The second kappa shape index (κ2) is 8.15. The number of hydrogen-bond donors (Lipinski definition) is 0. The van der Waals surface area contributed by atoms with Crippen LogP contribution in [0.1, 0.15) is 11.1 Å². The molecule has 0 aliphatic carbocycles. The minimum atomic E-state index is -0.205. The second-order valence-electron chi connectivity index (χ2n) is 8.19. The SMILES string of the molecule is O=c1c2cc3c(=O)n(Cc4ccc5c(c4)OCCO5)ccc3nc2ccn1Cc1cccnc1. The first kappa shape index (κ1) is 20.2. The molecular weight excluding hydrogens is 432 g/mol. The van der Waals surface area contributed by atoms with E-state index in [9.17, 15) is 9.59 Å². The number of fused-ring (bicyclic) bond motifs is 3. The minimum Gasteiger partial charge on any atom is -0.486 e. The highest BCUT2D eigenvalue weighted by molar-refractivity contribution is 5.91. The molecule has 1 aliphatic rings. The topological polar surface area (TPSA) is 88.2 Å². The Morgan fingerprint density at radius 1 is 0.765 bits per heavy atom. The average Bonchev–Trinajstić information content (AvgIpc) is 2.87. The Kier molecular flexibility index (Phi) is 4.83. The molecule has 8 nitrogen and oxygen atoms in total. The van der Waals surface area contributed by atoms with Gasteiger partial charge in [0.25, 0.3) is 11.1 Å². The summed E-state index contributed by atoms with van der Waals surface area (Å²) in [7, 11) is 0. The van der Waals surface area contributed by atoms with Gasteiger partial charge in [-0.05, 0) is 47.5 Å². The van der Waals surface area contributed by atoms with E-state index in [-0.39, 0.29) is 11.1 Å². The molecule has 8 heteroatoms. The van der Waals surface area contributed by atoms with Crippen molar-refractivity contribution in [3.63, 3.8) is 0 Å². The van der Waals surface area contributed by atoms with Gasteiger partial charge in [-0.3, -0.25) is 14.6 Å². The van der Waals surface area contributed by atoms with Gasteiger partial charge >= 0.3 is 0 Å². The number of nitrogens with zero attached hydrogens (tertiary/aromatic N) is 4. The van der Waals surface area contributed by atoms with E-state index in [2.05, 4.69) is 9.97 Å². The zero-order chi connectivity index (χ0) is 23.1. The third-order valence-corrected chi connectivity index (χ3v) is 5.92. The molecule has 5 heterocycles. The first-order valence-corrected chi connectivity index (χ1v) is 11.0. The lowest BCUT2D eigenvalue weighted by Gasteiger charge is -2.19. The molecule has 34 heavy (non-hydrogen) atoms. The lowest BCUT2D eigenvalue weighted by molar-refractivity contribution is 0.171. The Morgan fingerprint density at radius 3 is 2.12 bits per heavy atom. The molecule has 0 saturated carbocycles. The number of rotatable bonds is 4. The number of pyridine rings is 4. The molecule has 4 aromatic heterocycles. The molecular formula is C26H20N4O4. The summed E-state index contributed by atoms with van der Waals surface area (Å²) in [4.78, 5) is 35.2. The van der Waals surface area contributed by atoms with Crippen LogP contribution < -0.4 is 20.6 Å². The highest BCUT2D eigenvalue weighted by Gasteiger charge is 2.14. The maximum Gasteiger partial charge on any atom is 0.260 e. The molecule has 0 amide bonds. The van der Waals surface area contributed by atoms with E-state index in [1.165, 1.54) is 0 Å². The Bertz CT molecular complexity index is 1660. The quantitative estimate of drug-likeness (QED) is 0.390. The monoisotopic (exact) mass is 452 g/mol. The maximum atomic E-state index is 13.3. The van der Waals surface area contributed by atoms with Crippen molar-refractivity contribution in [1.82, 2.24) is 19.1 Å². The Labute approximate surface area is 193 Å². The molecule has 0 unspecified atom stereocenters. The fourth-order valence-electron chi connectivity index (χ4n) is 4.23. The maximum absolute atomic E-state index is 13.3. The van der Waals surface area contributed by atoms with E-state index < -0.39 is 0 Å². The summed E-state index contributed by atoms with van der Waals surface area (Å²) in [5.41, 5.74) is 2.54. The van der Waals surface area contributed by atoms with Crippen molar-refractivity contribution in [3.8, 4) is 11.5 Å². The summed E-state index contributed by atoms with van der Waals surface area (Å²) in [6.07, 6.45) is 6.87. The zero-order valence-corrected chi connectivity index (χ0v) is 18.2. The Balaban J connectivity index is 1.40. The summed E-state index contributed by atoms with van der Waals surface area (Å²) in [6.45, 7) is 1.79. The van der Waals surface area contributed by atoms with Crippen LogP contribution >= 0.6 is 0 Å². The number of benzene rings is 1. The van der Waals surface area contributed by atoms with E-state index in [1.54, 1.807) is 52.1 Å². The van der Waals surface area contributed by atoms with Gasteiger partial charge in [0.2, 0.25) is 0 Å². The standard InChI is InChI=1S/C26H20N4O4/c31-25-19-13-20-22(6-9-30(26(20)32)16-18-2-1-7-27-14-18)28-21(19)5-8-29(25)15-17-3-4-23-24(12-17)34-11-10-33-23/h1-9,12-14H,10-11,15-16H2. The molecule has 0 bridgehead atoms. The van der Waals surface area contributed by atoms with E-state index in [1.807, 2.05) is 30.3 Å². The van der Waals surface area contributed by atoms with Crippen molar-refractivity contribution < 1.29 is 9.47 Å². The van der Waals surface area contributed by atoms with Crippen molar-refractivity contribution in [2.45, 2.75) is 13.1 Å². The smallest absolute Gasteiger partial charge is 0.260 e. The van der Waals surface area contributed by atoms with Crippen molar-refractivity contribution in [2.24, 2.45) is 0 Å². The van der Waals surface area contributed by atoms with E-state index in [0.717, 1.165) is 11.1 Å².